The van der Waals surface area contributed by atoms with Gasteiger partial charge in [0.25, 0.3) is 5.91 Å². The van der Waals surface area contributed by atoms with Crippen molar-refractivity contribution in [3.8, 4) is 11.5 Å². The third kappa shape index (κ3) is 5.30. The maximum Gasteiger partial charge on any atom is 0.258 e. The molecule has 1 N–H and O–H groups in total. The maximum atomic E-state index is 11.5. The first-order valence-electron chi connectivity index (χ1n) is 6.71. The SMILES string of the molecule is CCCOc1ccc(C=O)c(OCC(=O)NC(C)C)c1. The third-order valence-corrected chi connectivity index (χ3v) is 2.39. The molecule has 5 heteroatoms. The lowest BCUT2D eigenvalue weighted by Gasteiger charge is -2.12. The molecule has 0 aromatic heterocycles. The van der Waals surface area contributed by atoms with Gasteiger partial charge in [-0.25, -0.2) is 0 Å². The zero-order valence-corrected chi connectivity index (χ0v) is 12.1. The molecular formula is C15H21NO4. The molecule has 0 heterocycles. The number of hydrogen-bond acceptors (Lipinski definition) is 4. The van der Waals surface area contributed by atoms with Crippen LogP contribution in [-0.4, -0.2) is 31.4 Å². The molecule has 0 bridgehead atoms. The number of rotatable bonds is 8. The number of nitrogens with one attached hydrogen (secondary N) is 1. The van der Waals surface area contributed by atoms with Crippen molar-refractivity contribution >= 4 is 12.2 Å². The van der Waals surface area contributed by atoms with Crippen molar-refractivity contribution in [3.05, 3.63) is 23.8 Å². The van der Waals surface area contributed by atoms with E-state index in [9.17, 15) is 9.59 Å². The second-order valence-corrected chi connectivity index (χ2v) is 4.68. The Kier molecular flexibility index (Phi) is 6.56. The molecule has 0 aliphatic heterocycles. The second-order valence-electron chi connectivity index (χ2n) is 4.68. The normalized spacial score (nSPS) is 10.2. The lowest BCUT2D eigenvalue weighted by molar-refractivity contribution is -0.123. The average Bonchev–Trinajstić information content (AvgIpc) is 2.42. The van der Waals surface area contributed by atoms with Crippen molar-refractivity contribution < 1.29 is 19.1 Å². The Morgan fingerprint density at radius 3 is 2.70 bits per heavy atom. The van der Waals surface area contributed by atoms with E-state index in [-0.39, 0.29) is 18.6 Å². The monoisotopic (exact) mass is 279 g/mol. The van der Waals surface area contributed by atoms with Crippen LogP contribution in [0.4, 0.5) is 0 Å². The van der Waals surface area contributed by atoms with Gasteiger partial charge >= 0.3 is 0 Å². The molecule has 0 radical (unpaired) electrons. The van der Waals surface area contributed by atoms with Crippen LogP contribution in [0.15, 0.2) is 18.2 Å². The summed E-state index contributed by atoms with van der Waals surface area (Å²) in [6.45, 7) is 6.21. The van der Waals surface area contributed by atoms with Crippen molar-refractivity contribution in [1.82, 2.24) is 5.32 Å². The average molecular weight is 279 g/mol. The van der Waals surface area contributed by atoms with E-state index in [1.807, 2.05) is 20.8 Å². The maximum absolute atomic E-state index is 11.5. The fourth-order valence-corrected chi connectivity index (χ4v) is 1.55. The Labute approximate surface area is 119 Å². The van der Waals surface area contributed by atoms with E-state index in [2.05, 4.69) is 5.32 Å². The molecule has 1 amide bonds. The molecule has 0 unspecified atom stereocenters. The molecule has 1 aromatic carbocycles. The zero-order chi connectivity index (χ0) is 15.0. The molecular weight excluding hydrogens is 258 g/mol. The summed E-state index contributed by atoms with van der Waals surface area (Å²) in [5, 5.41) is 2.72. The summed E-state index contributed by atoms with van der Waals surface area (Å²) >= 11 is 0. The van der Waals surface area contributed by atoms with Crippen LogP contribution in [0.2, 0.25) is 0 Å². The number of benzene rings is 1. The van der Waals surface area contributed by atoms with E-state index in [4.69, 9.17) is 9.47 Å². The van der Waals surface area contributed by atoms with E-state index >= 15 is 0 Å². The predicted octanol–water partition coefficient (Wildman–Crippen LogP) is 2.19. The van der Waals surface area contributed by atoms with E-state index < -0.39 is 0 Å². The minimum absolute atomic E-state index is 0.0517. The van der Waals surface area contributed by atoms with Crippen LogP contribution >= 0.6 is 0 Å². The Bertz CT molecular complexity index is 457. The van der Waals surface area contributed by atoms with Gasteiger partial charge in [-0.3, -0.25) is 9.59 Å². The number of amides is 1. The van der Waals surface area contributed by atoms with Crippen LogP contribution in [0, 0.1) is 0 Å². The smallest absolute Gasteiger partial charge is 0.258 e. The number of carbonyl (C=O) groups is 2. The van der Waals surface area contributed by atoms with E-state index in [0.717, 1.165) is 6.42 Å². The van der Waals surface area contributed by atoms with Crippen molar-refractivity contribution in [1.29, 1.82) is 0 Å². The van der Waals surface area contributed by atoms with Gasteiger partial charge in [0.05, 0.1) is 12.2 Å². The fourth-order valence-electron chi connectivity index (χ4n) is 1.55. The Balaban J connectivity index is 2.70. The summed E-state index contributed by atoms with van der Waals surface area (Å²) in [4.78, 5) is 22.5. The summed E-state index contributed by atoms with van der Waals surface area (Å²) < 4.78 is 10.9. The van der Waals surface area contributed by atoms with Gasteiger partial charge in [-0.15, -0.1) is 0 Å². The first-order valence-corrected chi connectivity index (χ1v) is 6.71. The highest BCUT2D eigenvalue weighted by atomic mass is 16.5. The lowest BCUT2D eigenvalue weighted by Crippen LogP contribution is -2.34. The minimum atomic E-state index is -0.225. The van der Waals surface area contributed by atoms with Crippen molar-refractivity contribution in [3.63, 3.8) is 0 Å². The number of aldehydes is 1. The first kappa shape index (κ1) is 16.0. The van der Waals surface area contributed by atoms with Gasteiger partial charge in [0.2, 0.25) is 0 Å². The largest absolute Gasteiger partial charge is 0.493 e. The first-order chi connectivity index (χ1) is 9.56. The van der Waals surface area contributed by atoms with Crippen LogP contribution in [0.1, 0.15) is 37.6 Å². The molecule has 0 aliphatic rings. The van der Waals surface area contributed by atoms with Gasteiger partial charge in [0.1, 0.15) is 11.5 Å². The molecule has 0 atom stereocenters. The molecule has 1 rings (SSSR count). The number of carbonyl (C=O) groups excluding carboxylic acids is 2. The summed E-state index contributed by atoms with van der Waals surface area (Å²) in [7, 11) is 0. The van der Waals surface area contributed by atoms with Crippen LogP contribution in [0.5, 0.6) is 11.5 Å². The van der Waals surface area contributed by atoms with Crippen molar-refractivity contribution in [2.75, 3.05) is 13.2 Å². The molecule has 0 saturated heterocycles. The van der Waals surface area contributed by atoms with Gasteiger partial charge < -0.3 is 14.8 Å². The lowest BCUT2D eigenvalue weighted by atomic mass is 10.2. The fraction of sp³-hybridized carbons (Fsp3) is 0.467. The Morgan fingerprint density at radius 2 is 2.10 bits per heavy atom. The molecule has 0 spiro atoms. The van der Waals surface area contributed by atoms with Gasteiger partial charge in [-0.1, -0.05) is 6.92 Å². The van der Waals surface area contributed by atoms with Crippen LogP contribution in [0.25, 0.3) is 0 Å². The summed E-state index contributed by atoms with van der Waals surface area (Å²) in [5.74, 6) is 0.751. The van der Waals surface area contributed by atoms with E-state index in [0.29, 0.717) is 30.0 Å². The van der Waals surface area contributed by atoms with Gasteiger partial charge in [-0.2, -0.15) is 0 Å². The van der Waals surface area contributed by atoms with Crippen molar-refractivity contribution in [2.24, 2.45) is 0 Å². The summed E-state index contributed by atoms with van der Waals surface area (Å²) in [6, 6.07) is 5.01. The van der Waals surface area contributed by atoms with E-state index in [1.54, 1.807) is 18.2 Å². The van der Waals surface area contributed by atoms with Crippen LogP contribution in [-0.2, 0) is 4.79 Å². The summed E-state index contributed by atoms with van der Waals surface area (Å²) in [5.41, 5.74) is 0.395. The molecule has 5 nitrogen and oxygen atoms in total. The van der Waals surface area contributed by atoms with Gasteiger partial charge in [0, 0.05) is 12.1 Å². The summed E-state index contributed by atoms with van der Waals surface area (Å²) in [6.07, 6.45) is 1.59. The highest BCUT2D eigenvalue weighted by Gasteiger charge is 2.09. The molecule has 0 saturated carbocycles. The zero-order valence-electron chi connectivity index (χ0n) is 12.1. The Hall–Kier alpha value is -2.04. The van der Waals surface area contributed by atoms with Gasteiger partial charge in [0.15, 0.2) is 12.9 Å². The second kappa shape index (κ2) is 8.19. The van der Waals surface area contributed by atoms with Gasteiger partial charge in [-0.05, 0) is 32.4 Å². The number of ether oxygens (including phenoxy) is 2. The molecule has 20 heavy (non-hydrogen) atoms. The highest BCUT2D eigenvalue weighted by Crippen LogP contribution is 2.23. The molecule has 1 aromatic rings. The molecule has 0 aliphatic carbocycles. The van der Waals surface area contributed by atoms with Crippen LogP contribution < -0.4 is 14.8 Å². The predicted molar refractivity (Wildman–Crippen MR) is 76.4 cm³/mol. The quantitative estimate of drug-likeness (QED) is 0.741. The molecule has 0 fully saturated rings. The highest BCUT2D eigenvalue weighted by molar-refractivity contribution is 5.81. The van der Waals surface area contributed by atoms with Crippen molar-refractivity contribution in [2.45, 2.75) is 33.2 Å². The number of hydrogen-bond donors (Lipinski definition) is 1. The minimum Gasteiger partial charge on any atom is -0.493 e. The topological polar surface area (TPSA) is 64.6 Å². The van der Waals surface area contributed by atoms with Crippen LogP contribution in [0.3, 0.4) is 0 Å². The third-order valence-electron chi connectivity index (χ3n) is 2.39. The molecule has 110 valence electrons. The van der Waals surface area contributed by atoms with E-state index in [1.165, 1.54) is 0 Å². The standard InChI is InChI=1S/C15H21NO4/c1-4-7-19-13-6-5-12(9-17)14(8-13)20-10-15(18)16-11(2)3/h5-6,8-9,11H,4,7,10H2,1-3H3,(H,16,18). The Morgan fingerprint density at radius 1 is 1.35 bits per heavy atom.